The lowest BCUT2D eigenvalue weighted by atomic mass is 9.93. The molecule has 3 heteroatoms. The molecule has 0 saturated heterocycles. The van der Waals surface area contributed by atoms with Crippen LogP contribution in [0.15, 0.2) is 118 Å². The number of furan rings is 2. The lowest BCUT2D eigenvalue weighted by Crippen LogP contribution is -1.84. The molecule has 37 heavy (non-hydrogen) atoms. The second-order valence-corrected chi connectivity index (χ2v) is 9.76. The second-order valence-electron chi connectivity index (χ2n) is 9.76. The van der Waals surface area contributed by atoms with Gasteiger partial charge in [-0.2, -0.15) is 0 Å². The van der Waals surface area contributed by atoms with Gasteiger partial charge in [-0.25, -0.2) is 0 Å². The van der Waals surface area contributed by atoms with E-state index in [0.29, 0.717) is 0 Å². The van der Waals surface area contributed by atoms with E-state index in [4.69, 9.17) is 8.83 Å². The molecule has 9 aromatic rings. The van der Waals surface area contributed by atoms with Crippen molar-refractivity contribution in [2.75, 3.05) is 0 Å². The third kappa shape index (κ3) is 2.45. The Morgan fingerprint density at radius 3 is 2.05 bits per heavy atom. The van der Waals surface area contributed by atoms with Crippen molar-refractivity contribution in [2.45, 2.75) is 0 Å². The lowest BCUT2D eigenvalue weighted by Gasteiger charge is -2.09. The number of fused-ring (bicyclic) bond motifs is 12. The van der Waals surface area contributed by atoms with E-state index in [1.54, 1.807) is 0 Å². The molecule has 0 aliphatic carbocycles. The summed E-state index contributed by atoms with van der Waals surface area (Å²) in [5.41, 5.74) is 8.01. The van der Waals surface area contributed by atoms with Crippen molar-refractivity contribution in [1.29, 1.82) is 0 Å². The Hall–Kier alpha value is -5.02. The number of aromatic amines is 1. The first-order valence-electron chi connectivity index (χ1n) is 12.5. The van der Waals surface area contributed by atoms with Crippen molar-refractivity contribution < 1.29 is 8.83 Å². The van der Waals surface area contributed by atoms with E-state index in [2.05, 4.69) is 102 Å². The molecule has 3 aromatic heterocycles. The van der Waals surface area contributed by atoms with E-state index in [9.17, 15) is 0 Å². The standard InChI is InChI=1S/C34H19NO2/c1-2-10-21-19(8-1)26(23-13-7-12-22-20-9-4-6-15-29(20)36-33(22)23)18-30-31(21)25-16-17-28-32(34(25)37-30)24-11-3-5-14-27(24)35-28/h1-18,35H. The molecule has 0 aliphatic rings. The zero-order chi connectivity index (χ0) is 24.1. The predicted octanol–water partition coefficient (Wildman–Crippen LogP) is 9.94. The highest BCUT2D eigenvalue weighted by molar-refractivity contribution is 6.29. The fourth-order valence-corrected chi connectivity index (χ4v) is 6.21. The van der Waals surface area contributed by atoms with Crippen LogP contribution in [-0.4, -0.2) is 4.98 Å². The molecule has 1 N–H and O–H groups in total. The van der Waals surface area contributed by atoms with E-state index >= 15 is 0 Å². The third-order valence-corrected chi connectivity index (χ3v) is 7.81. The van der Waals surface area contributed by atoms with Crippen LogP contribution in [-0.2, 0) is 0 Å². The Labute approximate surface area is 210 Å². The molecule has 0 saturated carbocycles. The molecule has 9 rings (SSSR count). The number of aromatic nitrogens is 1. The van der Waals surface area contributed by atoms with Crippen molar-refractivity contribution in [3.63, 3.8) is 0 Å². The van der Waals surface area contributed by atoms with Gasteiger partial charge in [-0.15, -0.1) is 0 Å². The Bertz CT molecular complexity index is 2360. The van der Waals surface area contributed by atoms with Gasteiger partial charge in [-0.05, 0) is 46.7 Å². The number of hydrogen-bond donors (Lipinski definition) is 1. The summed E-state index contributed by atoms with van der Waals surface area (Å²) >= 11 is 0. The SMILES string of the molecule is c1ccc2c(c1)[nH]c1ccc3c(oc4cc(-c5cccc6c5oc5ccccc56)c5ccccc5c43)c12. The number of para-hydroxylation sites is 3. The number of nitrogens with one attached hydrogen (secondary N) is 1. The van der Waals surface area contributed by atoms with Crippen LogP contribution in [0.5, 0.6) is 0 Å². The van der Waals surface area contributed by atoms with Crippen molar-refractivity contribution in [3.8, 4) is 11.1 Å². The first kappa shape index (κ1) is 19.2. The maximum Gasteiger partial charge on any atom is 0.145 e. The quantitative estimate of drug-likeness (QED) is 0.258. The minimum absolute atomic E-state index is 0.884. The van der Waals surface area contributed by atoms with Crippen LogP contribution in [0, 0.1) is 0 Å². The van der Waals surface area contributed by atoms with Gasteiger partial charge in [0.25, 0.3) is 0 Å². The monoisotopic (exact) mass is 473 g/mol. The summed E-state index contributed by atoms with van der Waals surface area (Å²) in [6.45, 7) is 0. The van der Waals surface area contributed by atoms with Crippen LogP contribution in [0.4, 0.5) is 0 Å². The van der Waals surface area contributed by atoms with E-state index < -0.39 is 0 Å². The normalized spacial score (nSPS) is 12.3. The lowest BCUT2D eigenvalue weighted by molar-refractivity contribution is 0.669. The number of H-pyrrole nitrogens is 1. The largest absolute Gasteiger partial charge is 0.455 e. The Morgan fingerprint density at radius 2 is 1.14 bits per heavy atom. The minimum Gasteiger partial charge on any atom is -0.455 e. The van der Waals surface area contributed by atoms with Gasteiger partial charge in [-0.1, -0.05) is 78.9 Å². The first-order valence-corrected chi connectivity index (χ1v) is 12.5. The van der Waals surface area contributed by atoms with Crippen LogP contribution in [0.2, 0.25) is 0 Å². The van der Waals surface area contributed by atoms with Crippen molar-refractivity contribution in [1.82, 2.24) is 4.98 Å². The average molecular weight is 474 g/mol. The van der Waals surface area contributed by atoms with E-state index in [-0.39, 0.29) is 0 Å². The highest BCUT2D eigenvalue weighted by atomic mass is 16.3. The molecule has 172 valence electrons. The molecule has 0 aliphatic heterocycles. The molecule has 6 aromatic carbocycles. The smallest absolute Gasteiger partial charge is 0.145 e. The summed E-state index contributed by atoms with van der Waals surface area (Å²) in [5.74, 6) is 0. The van der Waals surface area contributed by atoms with Gasteiger partial charge < -0.3 is 13.8 Å². The fraction of sp³-hybridized carbons (Fsp3) is 0. The molecule has 0 fully saturated rings. The maximum atomic E-state index is 6.72. The van der Waals surface area contributed by atoms with Crippen molar-refractivity contribution in [3.05, 3.63) is 109 Å². The first-order chi connectivity index (χ1) is 18.3. The molecule has 3 nitrogen and oxygen atoms in total. The predicted molar refractivity (Wildman–Crippen MR) is 153 cm³/mol. The molecule has 0 radical (unpaired) electrons. The van der Waals surface area contributed by atoms with Crippen LogP contribution < -0.4 is 0 Å². The summed E-state index contributed by atoms with van der Waals surface area (Å²) in [7, 11) is 0. The average Bonchev–Trinajstić information content (AvgIpc) is 3.63. The molecule has 0 bridgehead atoms. The van der Waals surface area contributed by atoms with Crippen molar-refractivity contribution >= 4 is 76.5 Å². The third-order valence-electron chi connectivity index (χ3n) is 7.81. The Kier molecular flexibility index (Phi) is 3.53. The van der Waals surface area contributed by atoms with Gasteiger partial charge in [0.05, 0.1) is 10.9 Å². The number of rotatable bonds is 1. The number of hydrogen-bond acceptors (Lipinski definition) is 2. The van der Waals surface area contributed by atoms with E-state index in [1.165, 1.54) is 16.2 Å². The summed E-state index contributed by atoms with van der Waals surface area (Å²) in [5, 5.41) is 9.23. The minimum atomic E-state index is 0.884. The zero-order valence-corrected chi connectivity index (χ0v) is 19.7. The molecular weight excluding hydrogens is 454 g/mol. The van der Waals surface area contributed by atoms with Gasteiger partial charge in [0.2, 0.25) is 0 Å². The summed E-state index contributed by atoms with van der Waals surface area (Å²) < 4.78 is 13.1. The highest BCUT2D eigenvalue weighted by Gasteiger charge is 2.20. The molecule has 0 unspecified atom stereocenters. The van der Waals surface area contributed by atoms with E-state index in [0.717, 1.165) is 71.4 Å². The topological polar surface area (TPSA) is 42.1 Å². The molecule has 0 atom stereocenters. The van der Waals surface area contributed by atoms with Crippen LogP contribution in [0.3, 0.4) is 0 Å². The molecular formula is C34H19NO2. The van der Waals surface area contributed by atoms with Gasteiger partial charge in [-0.3, -0.25) is 0 Å². The fourth-order valence-electron chi connectivity index (χ4n) is 6.21. The summed E-state index contributed by atoms with van der Waals surface area (Å²) in [4.78, 5) is 3.55. The summed E-state index contributed by atoms with van der Waals surface area (Å²) in [6.07, 6.45) is 0. The van der Waals surface area contributed by atoms with Crippen LogP contribution in [0.1, 0.15) is 0 Å². The number of benzene rings is 6. The van der Waals surface area contributed by atoms with Gasteiger partial charge in [0.15, 0.2) is 0 Å². The second kappa shape index (κ2) is 6.80. The zero-order valence-electron chi connectivity index (χ0n) is 19.7. The molecule has 0 spiro atoms. The van der Waals surface area contributed by atoms with Crippen LogP contribution >= 0.6 is 0 Å². The molecule has 3 heterocycles. The highest BCUT2D eigenvalue weighted by Crippen LogP contribution is 2.45. The van der Waals surface area contributed by atoms with Crippen molar-refractivity contribution in [2.24, 2.45) is 0 Å². The van der Waals surface area contributed by atoms with E-state index in [1.807, 2.05) is 12.1 Å². The van der Waals surface area contributed by atoms with Gasteiger partial charge >= 0.3 is 0 Å². The van der Waals surface area contributed by atoms with Gasteiger partial charge in [0.1, 0.15) is 22.3 Å². The Balaban J connectivity index is 1.45. The Morgan fingerprint density at radius 1 is 0.405 bits per heavy atom. The molecule has 0 amide bonds. The van der Waals surface area contributed by atoms with Crippen LogP contribution in [0.25, 0.3) is 87.6 Å². The van der Waals surface area contributed by atoms with Gasteiger partial charge in [0, 0.05) is 38.0 Å². The maximum absolute atomic E-state index is 6.72. The summed E-state index contributed by atoms with van der Waals surface area (Å²) in [6, 6.07) is 38.2.